The molecule has 0 radical (unpaired) electrons. The average molecular weight is 529 g/mol. The van der Waals surface area contributed by atoms with Crippen molar-refractivity contribution in [2.75, 3.05) is 0 Å². The Morgan fingerprint density at radius 1 is 0.610 bits per heavy atom. The van der Waals surface area contributed by atoms with Crippen LogP contribution in [0.5, 0.6) is 0 Å². The monoisotopic (exact) mass is 528 g/mol. The number of fused-ring (bicyclic) bond motifs is 13. The van der Waals surface area contributed by atoms with E-state index < -0.39 is 0 Å². The lowest BCUT2D eigenvalue weighted by molar-refractivity contribution is -0.489. The molecule has 0 fully saturated rings. The van der Waals surface area contributed by atoms with Gasteiger partial charge in [0.15, 0.2) is 6.20 Å². The highest BCUT2D eigenvalue weighted by atomic mass is 15.0. The minimum absolute atomic E-state index is 0.0763. The molecule has 198 valence electrons. The van der Waals surface area contributed by atoms with Gasteiger partial charge in [0.1, 0.15) is 6.21 Å². The van der Waals surface area contributed by atoms with Gasteiger partial charge in [0.05, 0.1) is 5.41 Å². The lowest BCUT2D eigenvalue weighted by atomic mass is 9.70. The van der Waals surface area contributed by atoms with Crippen LogP contribution in [-0.4, -0.2) is 10.8 Å². The van der Waals surface area contributed by atoms with Crippen LogP contribution in [0.15, 0.2) is 116 Å². The van der Waals surface area contributed by atoms with Crippen LogP contribution in [0.25, 0.3) is 33.4 Å². The highest BCUT2D eigenvalue weighted by Crippen LogP contribution is 2.64. The first-order valence-corrected chi connectivity index (χ1v) is 14.7. The SMILES string of the molecule is C=C[N+](=CC)C1c2ccc(C(C)(C)C)cc2-c2cc3c(cc21)C1(c2ccccc2-c2ccccc21)c1ccccc1-3. The summed E-state index contributed by atoms with van der Waals surface area (Å²) >= 11 is 0. The molecule has 0 saturated heterocycles. The molecule has 5 aromatic rings. The van der Waals surface area contributed by atoms with E-state index in [4.69, 9.17) is 0 Å². The minimum atomic E-state index is -0.334. The van der Waals surface area contributed by atoms with Gasteiger partial charge < -0.3 is 0 Å². The number of hydrogen-bond acceptors (Lipinski definition) is 0. The molecule has 5 aromatic carbocycles. The summed E-state index contributed by atoms with van der Waals surface area (Å²) in [6.45, 7) is 13.2. The Bertz CT molecular complexity index is 1920. The Hall–Kier alpha value is -4.49. The zero-order valence-corrected chi connectivity index (χ0v) is 24.2. The van der Waals surface area contributed by atoms with Crippen LogP contribution in [-0.2, 0) is 10.8 Å². The summed E-state index contributed by atoms with van der Waals surface area (Å²) < 4.78 is 2.28. The van der Waals surface area contributed by atoms with Crippen molar-refractivity contribution in [3.63, 3.8) is 0 Å². The van der Waals surface area contributed by atoms with E-state index in [9.17, 15) is 0 Å². The minimum Gasteiger partial charge on any atom is -0.198 e. The van der Waals surface area contributed by atoms with Gasteiger partial charge in [0, 0.05) is 18.1 Å². The third kappa shape index (κ3) is 2.99. The van der Waals surface area contributed by atoms with Crippen LogP contribution < -0.4 is 0 Å². The molecule has 8 rings (SSSR count). The normalized spacial score (nSPS) is 17.0. The first-order chi connectivity index (χ1) is 19.9. The molecule has 0 aliphatic heterocycles. The van der Waals surface area contributed by atoms with Gasteiger partial charge in [-0.3, -0.25) is 0 Å². The van der Waals surface area contributed by atoms with Gasteiger partial charge in [0.2, 0.25) is 6.04 Å². The van der Waals surface area contributed by atoms with Crippen molar-refractivity contribution in [1.29, 1.82) is 0 Å². The van der Waals surface area contributed by atoms with E-state index in [1.54, 1.807) is 0 Å². The number of benzene rings is 5. The summed E-state index contributed by atoms with van der Waals surface area (Å²) in [5, 5.41) is 0. The van der Waals surface area contributed by atoms with E-state index in [-0.39, 0.29) is 16.9 Å². The molecular formula is C40H34N+. The van der Waals surface area contributed by atoms with E-state index in [0.29, 0.717) is 0 Å². The average Bonchev–Trinajstić information content (AvgIpc) is 3.58. The first kappa shape index (κ1) is 24.3. The Labute approximate surface area is 243 Å². The predicted molar refractivity (Wildman–Crippen MR) is 171 cm³/mol. The lowest BCUT2D eigenvalue weighted by Gasteiger charge is -2.30. The third-order valence-corrected chi connectivity index (χ3v) is 9.77. The number of nitrogens with zero attached hydrogens (tertiary/aromatic N) is 1. The van der Waals surface area contributed by atoms with Crippen LogP contribution in [0.3, 0.4) is 0 Å². The van der Waals surface area contributed by atoms with E-state index in [2.05, 4.69) is 148 Å². The molecule has 41 heavy (non-hydrogen) atoms. The van der Waals surface area contributed by atoms with Crippen LogP contribution >= 0.6 is 0 Å². The fourth-order valence-corrected chi connectivity index (χ4v) is 7.96. The largest absolute Gasteiger partial charge is 0.209 e. The second kappa shape index (κ2) is 8.27. The van der Waals surface area contributed by atoms with E-state index in [1.165, 1.54) is 72.3 Å². The molecule has 0 N–H and O–H groups in total. The number of rotatable bonds is 2. The molecule has 0 aromatic heterocycles. The van der Waals surface area contributed by atoms with Gasteiger partial charge in [-0.1, -0.05) is 112 Å². The Morgan fingerprint density at radius 3 is 1.68 bits per heavy atom. The predicted octanol–water partition coefficient (Wildman–Crippen LogP) is 9.64. The molecule has 0 saturated carbocycles. The fraction of sp³-hybridized carbons (Fsp3) is 0.175. The van der Waals surface area contributed by atoms with E-state index in [0.717, 1.165) is 0 Å². The molecular weight excluding hydrogens is 494 g/mol. The van der Waals surface area contributed by atoms with Crippen molar-refractivity contribution in [3.05, 3.63) is 155 Å². The molecule has 1 nitrogen and oxygen atoms in total. The third-order valence-electron chi connectivity index (χ3n) is 9.77. The second-order valence-electron chi connectivity index (χ2n) is 12.7. The van der Waals surface area contributed by atoms with Crippen LogP contribution in [0.4, 0.5) is 0 Å². The van der Waals surface area contributed by atoms with Crippen molar-refractivity contribution in [1.82, 2.24) is 0 Å². The van der Waals surface area contributed by atoms with Crippen molar-refractivity contribution in [3.8, 4) is 33.4 Å². The standard InChI is InChI=1S/C40H34N/c1-6-41(7-2)38-29-21-20-25(39(3,4)5)22-30(29)31-23-32-28-16-10-13-19-36(28)40(37(32)24-33(31)38)34-17-11-8-14-26(34)27-15-9-12-18-35(27)40/h6-24,38H,1H2,2-5H3/q+1. The van der Waals surface area contributed by atoms with Gasteiger partial charge in [-0.25, -0.2) is 0 Å². The van der Waals surface area contributed by atoms with E-state index in [1.807, 2.05) is 6.20 Å². The first-order valence-electron chi connectivity index (χ1n) is 14.7. The maximum absolute atomic E-state index is 4.21. The second-order valence-corrected chi connectivity index (χ2v) is 12.7. The molecule has 1 atom stereocenters. The molecule has 1 unspecified atom stereocenters. The van der Waals surface area contributed by atoms with Crippen LogP contribution in [0.1, 0.15) is 72.7 Å². The molecule has 0 amide bonds. The molecule has 1 spiro atoms. The Morgan fingerprint density at radius 2 is 1.15 bits per heavy atom. The van der Waals surface area contributed by atoms with Gasteiger partial charge in [0.25, 0.3) is 0 Å². The summed E-state index contributed by atoms with van der Waals surface area (Å²) in [5.74, 6) is 0. The summed E-state index contributed by atoms with van der Waals surface area (Å²) in [7, 11) is 0. The summed E-state index contributed by atoms with van der Waals surface area (Å²) in [6.07, 6.45) is 4.13. The summed E-state index contributed by atoms with van der Waals surface area (Å²) in [5.41, 5.74) is 17.4. The van der Waals surface area contributed by atoms with Crippen LogP contribution in [0, 0.1) is 0 Å². The van der Waals surface area contributed by atoms with Crippen molar-refractivity contribution in [2.24, 2.45) is 0 Å². The maximum atomic E-state index is 4.21. The van der Waals surface area contributed by atoms with Crippen molar-refractivity contribution in [2.45, 2.75) is 44.6 Å². The molecule has 3 aliphatic rings. The fourth-order valence-electron chi connectivity index (χ4n) is 7.96. The van der Waals surface area contributed by atoms with Gasteiger partial charge in [-0.15, -0.1) is 0 Å². The Kier molecular flexibility index (Phi) is 4.91. The highest BCUT2D eigenvalue weighted by Gasteiger charge is 2.52. The summed E-state index contributed by atoms with van der Waals surface area (Å²) in [6, 6.07) is 39.4. The van der Waals surface area contributed by atoms with Gasteiger partial charge in [-0.2, -0.15) is 4.58 Å². The topological polar surface area (TPSA) is 3.01 Å². The number of hydrogen-bond donors (Lipinski definition) is 0. The maximum Gasteiger partial charge on any atom is 0.209 e. The Balaban J connectivity index is 1.50. The molecule has 0 bridgehead atoms. The van der Waals surface area contributed by atoms with Crippen molar-refractivity contribution < 1.29 is 4.58 Å². The van der Waals surface area contributed by atoms with Gasteiger partial charge in [-0.05, 0) is 85.3 Å². The van der Waals surface area contributed by atoms with Crippen LogP contribution in [0.2, 0.25) is 0 Å². The van der Waals surface area contributed by atoms with Crippen molar-refractivity contribution >= 4 is 6.21 Å². The van der Waals surface area contributed by atoms with E-state index >= 15 is 0 Å². The molecule has 1 heteroatoms. The van der Waals surface area contributed by atoms with Gasteiger partial charge >= 0.3 is 0 Å². The summed E-state index contributed by atoms with van der Waals surface area (Å²) in [4.78, 5) is 0. The quantitative estimate of drug-likeness (QED) is 0.155. The lowest BCUT2D eigenvalue weighted by Crippen LogP contribution is -2.26. The zero-order valence-electron chi connectivity index (χ0n) is 24.2. The smallest absolute Gasteiger partial charge is 0.198 e. The zero-order chi connectivity index (χ0) is 28.1. The molecule has 0 heterocycles. The molecule has 3 aliphatic carbocycles. The highest BCUT2D eigenvalue weighted by molar-refractivity contribution is 5.97.